The highest BCUT2D eigenvalue weighted by Gasteiger charge is 2.29. The van der Waals surface area contributed by atoms with Crippen LogP contribution in [0.1, 0.15) is 38.0 Å². The number of nitrogens with one attached hydrogen (secondary N) is 1. The fraction of sp³-hybridized carbons (Fsp3) is 0.276. The Morgan fingerprint density at radius 3 is 2.54 bits per heavy atom. The Labute approximate surface area is 246 Å². The lowest BCUT2D eigenvalue weighted by Crippen LogP contribution is -2.44. The zero-order chi connectivity index (χ0) is 29.3. The minimum Gasteiger partial charge on any atom is -0.444 e. The second-order valence-corrected chi connectivity index (χ2v) is 11.2. The van der Waals surface area contributed by atoms with Crippen LogP contribution in [-0.4, -0.2) is 50.8 Å². The molecule has 1 saturated heterocycles. The largest absolute Gasteiger partial charge is 0.444 e. The fourth-order valence-electron chi connectivity index (χ4n) is 4.40. The van der Waals surface area contributed by atoms with E-state index in [0.717, 1.165) is 5.56 Å². The molecule has 2 aromatic heterocycles. The summed E-state index contributed by atoms with van der Waals surface area (Å²) >= 11 is 12.6. The number of nitriles is 1. The van der Waals surface area contributed by atoms with Gasteiger partial charge in [-0.3, -0.25) is 9.36 Å². The van der Waals surface area contributed by atoms with Crippen molar-refractivity contribution in [3.8, 4) is 11.8 Å². The molecule has 2 aromatic carbocycles. The highest BCUT2D eigenvalue weighted by atomic mass is 35.5. The van der Waals surface area contributed by atoms with Gasteiger partial charge in [0.05, 0.1) is 39.8 Å². The van der Waals surface area contributed by atoms with Gasteiger partial charge in [-0.15, -0.1) is 0 Å². The highest BCUT2D eigenvalue weighted by Crippen LogP contribution is 2.29. The number of pyridine rings is 1. The Hall–Kier alpha value is -4.17. The fourth-order valence-corrected chi connectivity index (χ4v) is 4.98. The molecular weight excluding hydrogens is 567 g/mol. The van der Waals surface area contributed by atoms with E-state index in [2.05, 4.69) is 21.4 Å². The quantitative estimate of drug-likeness (QED) is 0.305. The van der Waals surface area contributed by atoms with Crippen LogP contribution in [0.15, 0.2) is 59.7 Å². The first-order valence-corrected chi connectivity index (χ1v) is 13.5. The number of morpholine rings is 1. The van der Waals surface area contributed by atoms with E-state index in [0.29, 0.717) is 25.4 Å². The number of carbonyl (C=O) groups excluding carboxylic acids is 1. The monoisotopic (exact) mass is 592 g/mol. The Morgan fingerprint density at radius 2 is 1.88 bits per heavy atom. The minimum absolute atomic E-state index is 0.143. The summed E-state index contributed by atoms with van der Waals surface area (Å²) in [6, 6.07) is 14.4. The Morgan fingerprint density at radius 1 is 1.17 bits per heavy atom. The molecular formula is C29H26Cl2N6O4. The molecule has 1 aliphatic heterocycles. The number of hydrogen-bond donors (Lipinski definition) is 1. The smallest absolute Gasteiger partial charge is 0.410 e. The number of fused-ring (bicyclic) bond motifs is 1. The van der Waals surface area contributed by atoms with Gasteiger partial charge in [0, 0.05) is 24.6 Å². The van der Waals surface area contributed by atoms with E-state index in [1.54, 1.807) is 23.1 Å². The molecule has 5 rings (SSSR count). The van der Waals surface area contributed by atoms with E-state index in [1.807, 2.05) is 45.0 Å². The van der Waals surface area contributed by atoms with E-state index >= 15 is 0 Å². The molecule has 210 valence electrons. The number of anilines is 2. The molecule has 0 saturated carbocycles. The van der Waals surface area contributed by atoms with Gasteiger partial charge in [0.15, 0.2) is 0 Å². The summed E-state index contributed by atoms with van der Waals surface area (Å²) in [5, 5.41) is 13.6. The van der Waals surface area contributed by atoms with Crippen LogP contribution < -0.4 is 10.9 Å². The van der Waals surface area contributed by atoms with Crippen molar-refractivity contribution < 1.29 is 14.3 Å². The van der Waals surface area contributed by atoms with E-state index in [4.69, 9.17) is 32.7 Å². The van der Waals surface area contributed by atoms with Crippen LogP contribution in [0.25, 0.3) is 16.6 Å². The van der Waals surface area contributed by atoms with Crippen LogP contribution >= 0.6 is 23.2 Å². The van der Waals surface area contributed by atoms with E-state index < -0.39 is 11.2 Å². The second-order valence-electron chi connectivity index (χ2n) is 10.4. The van der Waals surface area contributed by atoms with E-state index in [9.17, 15) is 14.9 Å². The number of aromatic nitrogens is 3. The normalized spacial score (nSPS) is 15.4. The Kier molecular flexibility index (Phi) is 7.87. The zero-order valence-electron chi connectivity index (χ0n) is 22.5. The van der Waals surface area contributed by atoms with Gasteiger partial charge in [-0.25, -0.2) is 14.8 Å². The van der Waals surface area contributed by atoms with Gasteiger partial charge in [-0.2, -0.15) is 5.26 Å². The molecule has 1 aliphatic rings. The third-order valence-electron chi connectivity index (χ3n) is 6.31. The van der Waals surface area contributed by atoms with Gasteiger partial charge in [0.25, 0.3) is 5.56 Å². The van der Waals surface area contributed by atoms with Crippen molar-refractivity contribution in [2.75, 3.05) is 25.0 Å². The predicted octanol–water partition coefficient (Wildman–Crippen LogP) is 6.01. The minimum atomic E-state index is -0.573. The van der Waals surface area contributed by atoms with Crippen LogP contribution in [0.2, 0.25) is 10.0 Å². The lowest BCUT2D eigenvalue weighted by molar-refractivity contribution is -0.0432. The average Bonchev–Trinajstić information content (AvgIpc) is 2.93. The van der Waals surface area contributed by atoms with Crippen LogP contribution in [0.5, 0.6) is 0 Å². The summed E-state index contributed by atoms with van der Waals surface area (Å²) in [5.41, 5.74) is 1.17. The molecule has 0 radical (unpaired) electrons. The average molecular weight is 593 g/mol. The molecule has 3 heterocycles. The lowest BCUT2D eigenvalue weighted by Gasteiger charge is -2.34. The van der Waals surface area contributed by atoms with Crippen molar-refractivity contribution >= 4 is 51.8 Å². The van der Waals surface area contributed by atoms with Gasteiger partial charge in [-0.1, -0.05) is 41.4 Å². The molecule has 1 fully saturated rings. The molecule has 1 amide bonds. The van der Waals surface area contributed by atoms with E-state index in [-0.39, 0.29) is 50.3 Å². The van der Waals surface area contributed by atoms with Crippen molar-refractivity contribution in [3.63, 3.8) is 0 Å². The molecule has 0 aliphatic carbocycles. The third-order valence-corrected chi connectivity index (χ3v) is 6.92. The van der Waals surface area contributed by atoms with Crippen molar-refractivity contribution in [1.29, 1.82) is 5.26 Å². The molecule has 1 atom stereocenters. The lowest BCUT2D eigenvalue weighted by atomic mass is 10.1. The number of amides is 1. The van der Waals surface area contributed by atoms with Crippen LogP contribution in [-0.2, 0) is 9.47 Å². The first-order valence-electron chi connectivity index (χ1n) is 12.8. The zero-order valence-corrected chi connectivity index (χ0v) is 24.0. The third kappa shape index (κ3) is 6.12. The van der Waals surface area contributed by atoms with Crippen LogP contribution in [0, 0.1) is 11.3 Å². The van der Waals surface area contributed by atoms with Crippen LogP contribution in [0.4, 0.5) is 16.4 Å². The van der Waals surface area contributed by atoms with Gasteiger partial charge in [0.1, 0.15) is 23.3 Å². The summed E-state index contributed by atoms with van der Waals surface area (Å²) in [6.07, 6.45) is 2.07. The van der Waals surface area contributed by atoms with Crippen molar-refractivity contribution in [1.82, 2.24) is 19.4 Å². The number of hydrogen-bond acceptors (Lipinski definition) is 8. The number of halogens is 2. The van der Waals surface area contributed by atoms with Gasteiger partial charge >= 0.3 is 6.09 Å². The van der Waals surface area contributed by atoms with Gasteiger partial charge in [0.2, 0.25) is 5.95 Å². The number of ether oxygens (including phenoxy) is 2. The maximum atomic E-state index is 13.3. The predicted molar refractivity (Wildman–Crippen MR) is 156 cm³/mol. The highest BCUT2D eigenvalue weighted by molar-refractivity contribution is 6.37. The summed E-state index contributed by atoms with van der Waals surface area (Å²) in [5.74, 6) is 0.208. The molecule has 41 heavy (non-hydrogen) atoms. The number of benzene rings is 2. The molecule has 4 aromatic rings. The summed E-state index contributed by atoms with van der Waals surface area (Å²) in [6.45, 7) is 6.75. The molecule has 0 spiro atoms. The number of rotatable bonds is 4. The maximum Gasteiger partial charge on any atom is 0.410 e. The summed E-state index contributed by atoms with van der Waals surface area (Å²) in [7, 11) is 0. The molecule has 12 heteroatoms. The summed E-state index contributed by atoms with van der Waals surface area (Å²) in [4.78, 5) is 36.2. The summed E-state index contributed by atoms with van der Waals surface area (Å²) < 4.78 is 12.6. The number of carbonyl (C=O) groups is 1. The molecule has 0 bridgehead atoms. The Bertz CT molecular complexity index is 1710. The maximum absolute atomic E-state index is 13.3. The number of para-hydroxylation sites is 1. The van der Waals surface area contributed by atoms with E-state index in [1.165, 1.54) is 17.0 Å². The standard InChI is InChI=1S/C29H26Cl2N6O4/c1-29(2,3)41-28(39)36-11-12-40-23(16-36)17-7-9-19(10-8-17)34-27-33-14-20-24(35-27)18(13-32)15-37(26(20)38)25-21(30)5-4-6-22(25)31/h4-10,14-15,23H,11-12,16H2,1-3H3,(H,33,34,35). The van der Waals surface area contributed by atoms with Gasteiger partial charge in [-0.05, 0) is 50.6 Å². The first-order chi connectivity index (χ1) is 19.5. The van der Waals surface area contributed by atoms with Crippen molar-refractivity contribution in [2.45, 2.75) is 32.5 Å². The van der Waals surface area contributed by atoms with Crippen molar-refractivity contribution in [2.24, 2.45) is 0 Å². The molecule has 10 nitrogen and oxygen atoms in total. The van der Waals surface area contributed by atoms with Gasteiger partial charge < -0.3 is 19.7 Å². The first kappa shape index (κ1) is 28.4. The Balaban J connectivity index is 1.36. The van der Waals surface area contributed by atoms with Crippen LogP contribution in [0.3, 0.4) is 0 Å². The molecule has 1 unspecified atom stereocenters. The number of nitrogens with zero attached hydrogens (tertiary/aromatic N) is 5. The molecule has 1 N–H and O–H groups in total. The SMILES string of the molecule is CC(C)(C)OC(=O)N1CCOC(c2ccc(Nc3ncc4c(=O)n(-c5c(Cl)cccc5Cl)cc(C#N)c4n3)cc2)C1. The van der Waals surface area contributed by atoms with Crippen molar-refractivity contribution in [3.05, 3.63) is 86.4 Å². The topological polar surface area (TPSA) is 122 Å². The second kappa shape index (κ2) is 11.4.